The van der Waals surface area contributed by atoms with Crippen LogP contribution in [0.5, 0.6) is 5.75 Å². The number of fused-ring (bicyclic) bond motifs is 1. The third kappa shape index (κ3) is 4.12. The molecule has 0 saturated heterocycles. The molecule has 30 heavy (non-hydrogen) atoms. The Labute approximate surface area is 176 Å². The van der Waals surface area contributed by atoms with Crippen molar-refractivity contribution in [3.05, 3.63) is 29.3 Å². The first-order valence-electron chi connectivity index (χ1n) is 10.6. The summed E-state index contributed by atoms with van der Waals surface area (Å²) in [7, 11) is 0. The molecule has 1 aromatic carbocycles. The average Bonchev–Trinajstić information content (AvgIpc) is 3.12. The predicted octanol–water partition coefficient (Wildman–Crippen LogP) is 4.47. The highest BCUT2D eigenvalue weighted by Gasteiger charge is 2.27. The maximum Gasteiger partial charge on any atom is 0.315 e. The molecule has 2 N–H and O–H groups in total. The third-order valence-electron chi connectivity index (χ3n) is 5.61. The number of hydrogen-bond acceptors (Lipinski definition) is 7. The van der Waals surface area contributed by atoms with Crippen LogP contribution in [0.1, 0.15) is 51.7 Å². The lowest BCUT2D eigenvalue weighted by Gasteiger charge is -2.30. The number of nitrogens with zero attached hydrogens (tertiary/aromatic N) is 3. The lowest BCUT2D eigenvalue weighted by atomic mass is 9.82. The predicted molar refractivity (Wildman–Crippen MR) is 117 cm³/mol. The van der Waals surface area contributed by atoms with Crippen molar-refractivity contribution in [3.63, 3.8) is 0 Å². The summed E-state index contributed by atoms with van der Waals surface area (Å²) in [4.78, 5) is 4.91. The number of ether oxygens (including phenoxy) is 1. The Morgan fingerprint density at radius 1 is 1.20 bits per heavy atom. The number of aryl methyl sites for hydroxylation is 1. The molecule has 7 heteroatoms. The number of benzene rings is 1. The van der Waals surface area contributed by atoms with Crippen LogP contribution < -0.4 is 10.1 Å². The number of aromatic nitrogens is 3. The van der Waals surface area contributed by atoms with E-state index in [1.54, 1.807) is 0 Å². The van der Waals surface area contributed by atoms with Gasteiger partial charge in [0.25, 0.3) is 5.89 Å². The topological polar surface area (TPSA) is 93.3 Å². The van der Waals surface area contributed by atoms with E-state index in [0.29, 0.717) is 30.1 Å². The van der Waals surface area contributed by atoms with E-state index < -0.39 is 0 Å². The fourth-order valence-electron chi connectivity index (χ4n) is 3.89. The molecule has 0 amide bonds. The summed E-state index contributed by atoms with van der Waals surface area (Å²) in [5.74, 6) is 1.70. The highest BCUT2D eigenvalue weighted by Crippen LogP contribution is 2.36. The molecule has 0 radical (unpaired) electrons. The van der Waals surface area contributed by atoms with Crippen molar-refractivity contribution in [1.29, 1.82) is 0 Å². The molecule has 1 saturated carbocycles. The summed E-state index contributed by atoms with van der Waals surface area (Å²) in [5, 5.41) is 22.0. The van der Waals surface area contributed by atoms with Gasteiger partial charge in [0.1, 0.15) is 11.4 Å². The van der Waals surface area contributed by atoms with Crippen molar-refractivity contribution in [2.45, 2.75) is 59.0 Å². The molecule has 1 fully saturated rings. The van der Waals surface area contributed by atoms with E-state index in [1.165, 1.54) is 0 Å². The van der Waals surface area contributed by atoms with Crippen molar-refractivity contribution < 1.29 is 14.3 Å². The van der Waals surface area contributed by atoms with E-state index in [2.05, 4.69) is 49.3 Å². The number of pyridine rings is 1. The minimum Gasteiger partial charge on any atom is -0.494 e. The second-order valence-corrected chi connectivity index (χ2v) is 9.16. The Morgan fingerprint density at radius 3 is 2.63 bits per heavy atom. The van der Waals surface area contributed by atoms with Crippen LogP contribution in [0.4, 0.5) is 6.01 Å². The summed E-state index contributed by atoms with van der Waals surface area (Å²) >= 11 is 0. The van der Waals surface area contributed by atoms with Crippen LogP contribution in [0.3, 0.4) is 0 Å². The molecule has 4 rings (SSSR count). The van der Waals surface area contributed by atoms with Crippen LogP contribution in [0.2, 0.25) is 0 Å². The third-order valence-corrected chi connectivity index (χ3v) is 5.61. The summed E-state index contributed by atoms with van der Waals surface area (Å²) in [5.41, 5.74) is 3.69. The Hall–Kier alpha value is -2.67. The fourth-order valence-corrected chi connectivity index (χ4v) is 3.89. The molecular formula is C23H30N4O3. The molecule has 7 nitrogen and oxygen atoms in total. The van der Waals surface area contributed by atoms with Gasteiger partial charge in [0.2, 0.25) is 0 Å². The van der Waals surface area contributed by atoms with Gasteiger partial charge < -0.3 is 19.6 Å². The van der Waals surface area contributed by atoms with Gasteiger partial charge in [-0.2, -0.15) is 0 Å². The molecular weight excluding hydrogens is 380 g/mol. The minimum absolute atomic E-state index is 0.0989. The zero-order valence-electron chi connectivity index (χ0n) is 18.3. The highest BCUT2D eigenvalue weighted by atomic mass is 16.5. The Balaban J connectivity index is 1.68. The summed E-state index contributed by atoms with van der Waals surface area (Å²) in [6.07, 6.45) is 1.47. The molecule has 0 spiro atoms. The second kappa shape index (κ2) is 7.87. The van der Waals surface area contributed by atoms with Gasteiger partial charge in [-0.25, -0.2) is 4.98 Å². The summed E-state index contributed by atoms with van der Waals surface area (Å²) < 4.78 is 11.6. The maximum atomic E-state index is 9.41. The smallest absolute Gasteiger partial charge is 0.315 e. The van der Waals surface area contributed by atoms with Crippen LogP contribution >= 0.6 is 0 Å². The molecule has 0 unspecified atom stereocenters. The molecule has 2 heterocycles. The molecule has 1 aliphatic rings. The Morgan fingerprint density at radius 2 is 1.97 bits per heavy atom. The van der Waals surface area contributed by atoms with Crippen LogP contribution in [0, 0.1) is 12.8 Å². The largest absolute Gasteiger partial charge is 0.494 e. The van der Waals surface area contributed by atoms with Gasteiger partial charge in [-0.15, -0.1) is 5.10 Å². The average molecular weight is 411 g/mol. The Bertz CT molecular complexity index is 1050. The van der Waals surface area contributed by atoms with E-state index in [1.807, 2.05) is 19.1 Å². The molecule has 0 atom stereocenters. The van der Waals surface area contributed by atoms with Gasteiger partial charge in [0.05, 0.1) is 18.2 Å². The maximum absolute atomic E-state index is 9.41. The van der Waals surface area contributed by atoms with Gasteiger partial charge in [-0.05, 0) is 67.3 Å². The van der Waals surface area contributed by atoms with Crippen molar-refractivity contribution in [2.24, 2.45) is 5.92 Å². The van der Waals surface area contributed by atoms with Gasteiger partial charge in [-0.1, -0.05) is 25.9 Å². The van der Waals surface area contributed by atoms with Gasteiger partial charge in [0, 0.05) is 11.9 Å². The number of nitrogens with one attached hydrogen (secondary N) is 1. The molecule has 2 aromatic heterocycles. The second-order valence-electron chi connectivity index (χ2n) is 9.16. The first-order chi connectivity index (χ1) is 14.2. The lowest BCUT2D eigenvalue weighted by Crippen LogP contribution is -2.33. The molecule has 1 aliphatic carbocycles. The normalized spacial score (nSPS) is 19.0. The number of aliphatic hydroxyl groups excluding tert-OH is 1. The SMILES string of the molecule is CCOc1cc(C(C)(C)C)c2nc(-c3nnc(NC[C@H]4C[C@@H](O)C4)o3)cc(C)c2c1. The van der Waals surface area contributed by atoms with Crippen molar-refractivity contribution in [1.82, 2.24) is 15.2 Å². The number of anilines is 1. The first kappa shape index (κ1) is 20.6. The van der Waals surface area contributed by atoms with E-state index in [9.17, 15) is 5.11 Å². The van der Waals surface area contributed by atoms with Crippen LogP contribution in [0.25, 0.3) is 22.5 Å². The first-order valence-corrected chi connectivity index (χ1v) is 10.6. The highest BCUT2D eigenvalue weighted by molar-refractivity contribution is 5.89. The van der Waals surface area contributed by atoms with Crippen LogP contribution in [-0.2, 0) is 5.41 Å². The minimum atomic E-state index is -0.167. The van der Waals surface area contributed by atoms with E-state index >= 15 is 0 Å². The molecule has 160 valence electrons. The lowest BCUT2D eigenvalue weighted by molar-refractivity contribution is 0.0485. The van der Waals surface area contributed by atoms with Crippen molar-refractivity contribution >= 4 is 16.9 Å². The monoisotopic (exact) mass is 410 g/mol. The summed E-state index contributed by atoms with van der Waals surface area (Å²) in [6.45, 7) is 11.9. The zero-order valence-corrected chi connectivity index (χ0v) is 18.3. The fraction of sp³-hybridized carbons (Fsp3) is 0.522. The van der Waals surface area contributed by atoms with Gasteiger partial charge >= 0.3 is 6.01 Å². The Kier molecular flexibility index (Phi) is 5.40. The van der Waals surface area contributed by atoms with E-state index in [-0.39, 0.29) is 11.5 Å². The number of rotatable bonds is 6. The standard InChI is InChI=1S/C23H30N4O3/c1-6-29-16-10-17-13(2)7-19(25-20(17)18(11-16)23(3,4)5)21-26-27-22(30-21)24-12-14-8-15(28)9-14/h7,10-11,14-15,28H,6,8-9,12H2,1-5H3,(H,24,27)/t14-,15+. The number of hydrogen-bond donors (Lipinski definition) is 2. The number of aliphatic hydroxyl groups is 1. The van der Waals surface area contributed by atoms with Gasteiger partial charge in [-0.3, -0.25) is 0 Å². The quantitative estimate of drug-likeness (QED) is 0.619. The van der Waals surface area contributed by atoms with Crippen LogP contribution in [0.15, 0.2) is 22.6 Å². The summed E-state index contributed by atoms with van der Waals surface area (Å²) in [6, 6.07) is 6.49. The van der Waals surface area contributed by atoms with Crippen molar-refractivity contribution in [2.75, 3.05) is 18.5 Å². The molecule has 0 aliphatic heterocycles. The molecule has 0 bridgehead atoms. The zero-order chi connectivity index (χ0) is 21.5. The molecule has 3 aromatic rings. The van der Waals surface area contributed by atoms with E-state index in [4.69, 9.17) is 14.1 Å². The van der Waals surface area contributed by atoms with E-state index in [0.717, 1.165) is 47.2 Å². The van der Waals surface area contributed by atoms with Gasteiger partial charge in [0.15, 0.2) is 0 Å². The van der Waals surface area contributed by atoms with Crippen molar-refractivity contribution in [3.8, 4) is 17.3 Å². The van der Waals surface area contributed by atoms with Crippen LogP contribution in [-0.4, -0.2) is 39.5 Å².